The summed E-state index contributed by atoms with van der Waals surface area (Å²) in [5.74, 6) is 6.05. The van der Waals surface area contributed by atoms with Gasteiger partial charge >= 0.3 is 0 Å². The van der Waals surface area contributed by atoms with Crippen molar-refractivity contribution in [3.05, 3.63) is 58.6 Å². The normalized spacial score (nSPS) is 11.9. The standard InChI is InChI=1S/C23H27ClN2O6S/c1-16(2)22(26-33(4,28)29)23(27)25-32-15-18-9-12-20(21(14-18)30-3)31-13-5-6-17-7-10-19(24)11-8-17/h7-12,14,16,22,26H,13,15H2,1-4H3,(H,25,27)/t22-/m0/s1. The van der Waals surface area contributed by atoms with Crippen molar-refractivity contribution < 1.29 is 27.5 Å². The molecule has 33 heavy (non-hydrogen) atoms. The Balaban J connectivity index is 1.91. The third-order valence-corrected chi connectivity index (χ3v) is 5.24. The molecule has 0 heterocycles. The van der Waals surface area contributed by atoms with Gasteiger partial charge in [0.25, 0.3) is 5.91 Å². The molecule has 0 aromatic heterocycles. The van der Waals surface area contributed by atoms with Crippen molar-refractivity contribution in [3.63, 3.8) is 0 Å². The largest absolute Gasteiger partial charge is 0.493 e. The van der Waals surface area contributed by atoms with E-state index in [1.54, 1.807) is 44.2 Å². The van der Waals surface area contributed by atoms with E-state index < -0.39 is 22.0 Å². The van der Waals surface area contributed by atoms with E-state index in [-0.39, 0.29) is 19.1 Å². The summed E-state index contributed by atoms with van der Waals surface area (Å²) in [6.45, 7) is 3.66. The van der Waals surface area contributed by atoms with Crippen molar-refractivity contribution in [2.45, 2.75) is 26.5 Å². The van der Waals surface area contributed by atoms with Crippen LogP contribution in [0, 0.1) is 17.8 Å². The summed E-state index contributed by atoms with van der Waals surface area (Å²) in [6, 6.07) is 11.4. The van der Waals surface area contributed by atoms with Crippen molar-refractivity contribution >= 4 is 27.5 Å². The predicted molar refractivity (Wildman–Crippen MR) is 126 cm³/mol. The van der Waals surface area contributed by atoms with E-state index in [0.717, 1.165) is 11.8 Å². The number of ether oxygens (including phenoxy) is 2. The average Bonchev–Trinajstić information content (AvgIpc) is 2.76. The summed E-state index contributed by atoms with van der Waals surface area (Å²) in [6.07, 6.45) is 0.996. The second-order valence-electron chi connectivity index (χ2n) is 7.45. The van der Waals surface area contributed by atoms with E-state index in [1.165, 1.54) is 7.11 Å². The number of benzene rings is 2. The Morgan fingerprint density at radius 3 is 2.42 bits per heavy atom. The first-order valence-electron chi connectivity index (χ1n) is 10.0. The molecule has 0 spiro atoms. The molecule has 0 saturated heterocycles. The van der Waals surface area contributed by atoms with Crippen LogP contribution in [0.15, 0.2) is 42.5 Å². The maximum absolute atomic E-state index is 12.3. The van der Waals surface area contributed by atoms with Crippen LogP contribution in [0.4, 0.5) is 0 Å². The number of hydrogen-bond donors (Lipinski definition) is 2. The van der Waals surface area contributed by atoms with Crippen molar-refractivity contribution in [2.75, 3.05) is 20.0 Å². The van der Waals surface area contributed by atoms with Crippen molar-refractivity contribution in [2.24, 2.45) is 5.92 Å². The summed E-state index contributed by atoms with van der Waals surface area (Å²) in [5.41, 5.74) is 3.83. The SMILES string of the molecule is COc1cc(CONC(=O)[C@@H](NS(C)(=O)=O)C(C)C)ccc1OCC#Cc1ccc(Cl)cc1. The van der Waals surface area contributed by atoms with Gasteiger partial charge in [0.2, 0.25) is 10.0 Å². The minimum atomic E-state index is -3.54. The first kappa shape index (κ1) is 26.5. The second kappa shape index (κ2) is 12.5. The fourth-order valence-electron chi connectivity index (χ4n) is 2.68. The molecule has 0 aliphatic carbocycles. The molecular formula is C23H27ClN2O6S. The molecule has 0 unspecified atom stereocenters. The van der Waals surface area contributed by atoms with Gasteiger partial charge in [-0.1, -0.05) is 43.4 Å². The lowest BCUT2D eigenvalue weighted by molar-refractivity contribution is -0.137. The number of nitrogens with one attached hydrogen (secondary N) is 2. The molecule has 2 rings (SSSR count). The molecule has 0 fully saturated rings. The van der Waals surface area contributed by atoms with Crippen LogP contribution in [0.25, 0.3) is 0 Å². The summed E-state index contributed by atoms with van der Waals surface area (Å²) < 4.78 is 36.2. The van der Waals surface area contributed by atoms with Gasteiger partial charge in [-0.15, -0.1) is 0 Å². The zero-order valence-corrected chi connectivity index (χ0v) is 20.4. The molecular weight excluding hydrogens is 468 g/mol. The molecule has 2 aromatic rings. The quantitative estimate of drug-likeness (QED) is 0.389. The van der Waals surface area contributed by atoms with Crippen LogP contribution in [0.2, 0.25) is 5.02 Å². The highest BCUT2D eigenvalue weighted by Gasteiger charge is 2.25. The molecule has 178 valence electrons. The minimum Gasteiger partial charge on any atom is -0.493 e. The molecule has 10 heteroatoms. The Morgan fingerprint density at radius 1 is 1.12 bits per heavy atom. The molecule has 2 aromatic carbocycles. The molecule has 0 aliphatic heterocycles. The zero-order valence-electron chi connectivity index (χ0n) is 18.8. The number of sulfonamides is 1. The molecule has 0 aliphatic rings. The summed E-state index contributed by atoms with van der Waals surface area (Å²) in [5, 5.41) is 0.649. The Kier molecular flexibility index (Phi) is 10.0. The molecule has 1 atom stereocenters. The summed E-state index contributed by atoms with van der Waals surface area (Å²) >= 11 is 5.85. The van der Waals surface area contributed by atoms with Gasteiger partial charge in [0.1, 0.15) is 12.6 Å². The average molecular weight is 495 g/mol. The van der Waals surface area contributed by atoms with E-state index in [4.69, 9.17) is 25.9 Å². The number of halogens is 1. The third-order valence-electron chi connectivity index (χ3n) is 4.31. The highest BCUT2D eigenvalue weighted by molar-refractivity contribution is 7.88. The smallest absolute Gasteiger partial charge is 0.261 e. The Labute approximate surface area is 199 Å². The lowest BCUT2D eigenvalue weighted by Gasteiger charge is -2.20. The van der Waals surface area contributed by atoms with Gasteiger partial charge < -0.3 is 9.47 Å². The topological polar surface area (TPSA) is 103 Å². The van der Waals surface area contributed by atoms with Gasteiger partial charge in [0, 0.05) is 10.6 Å². The summed E-state index contributed by atoms with van der Waals surface area (Å²) in [4.78, 5) is 17.5. The minimum absolute atomic E-state index is 0.0441. The van der Waals surface area contributed by atoms with Crippen LogP contribution in [0.5, 0.6) is 11.5 Å². The van der Waals surface area contributed by atoms with Crippen molar-refractivity contribution in [1.82, 2.24) is 10.2 Å². The van der Waals surface area contributed by atoms with Gasteiger partial charge in [-0.25, -0.2) is 18.6 Å². The fourth-order valence-corrected chi connectivity index (χ4v) is 3.65. The maximum Gasteiger partial charge on any atom is 0.261 e. The van der Waals surface area contributed by atoms with Crippen molar-refractivity contribution in [3.8, 4) is 23.3 Å². The highest BCUT2D eigenvalue weighted by atomic mass is 35.5. The first-order chi connectivity index (χ1) is 15.6. The van der Waals surface area contributed by atoms with Gasteiger partial charge in [-0.3, -0.25) is 9.63 Å². The molecule has 0 bridgehead atoms. The fraction of sp³-hybridized carbons (Fsp3) is 0.348. The monoisotopic (exact) mass is 494 g/mol. The van der Waals surface area contributed by atoms with Crippen molar-refractivity contribution in [1.29, 1.82) is 0 Å². The van der Waals surface area contributed by atoms with Crippen LogP contribution >= 0.6 is 11.6 Å². The number of carbonyl (C=O) groups excluding carboxylic acids is 1. The third kappa shape index (κ3) is 9.32. The van der Waals surface area contributed by atoms with Gasteiger partial charge in [0.15, 0.2) is 11.5 Å². The van der Waals surface area contributed by atoms with Crippen LogP contribution in [0.3, 0.4) is 0 Å². The molecule has 1 amide bonds. The van der Waals surface area contributed by atoms with E-state index in [2.05, 4.69) is 22.0 Å². The van der Waals surface area contributed by atoms with Crippen LogP contribution in [-0.2, 0) is 26.3 Å². The Morgan fingerprint density at radius 2 is 1.82 bits per heavy atom. The van der Waals surface area contributed by atoms with E-state index in [0.29, 0.717) is 22.1 Å². The van der Waals surface area contributed by atoms with Crippen LogP contribution in [0.1, 0.15) is 25.0 Å². The number of methoxy groups -OCH3 is 1. The predicted octanol–water partition coefficient (Wildman–Crippen LogP) is 2.90. The van der Waals surface area contributed by atoms with Gasteiger partial charge in [-0.05, 0) is 47.9 Å². The lowest BCUT2D eigenvalue weighted by atomic mass is 10.1. The molecule has 8 nitrogen and oxygen atoms in total. The number of hydroxylamine groups is 1. The molecule has 0 radical (unpaired) electrons. The van der Waals surface area contributed by atoms with Gasteiger partial charge in [0.05, 0.1) is 20.0 Å². The van der Waals surface area contributed by atoms with Crippen LogP contribution < -0.4 is 19.7 Å². The molecule has 2 N–H and O–H groups in total. The maximum atomic E-state index is 12.3. The molecule has 0 saturated carbocycles. The second-order valence-corrected chi connectivity index (χ2v) is 9.67. The first-order valence-corrected chi connectivity index (χ1v) is 12.3. The van der Waals surface area contributed by atoms with E-state index >= 15 is 0 Å². The number of rotatable bonds is 10. The Hall–Kier alpha value is -2.77. The van der Waals surface area contributed by atoms with Crippen LogP contribution in [-0.4, -0.2) is 40.3 Å². The lowest BCUT2D eigenvalue weighted by Crippen LogP contribution is -2.49. The van der Waals surface area contributed by atoms with E-state index in [1.807, 2.05) is 12.1 Å². The zero-order chi connectivity index (χ0) is 24.4. The van der Waals surface area contributed by atoms with E-state index in [9.17, 15) is 13.2 Å². The Bertz CT molecular complexity index is 1110. The van der Waals surface area contributed by atoms with Gasteiger partial charge in [-0.2, -0.15) is 0 Å². The highest BCUT2D eigenvalue weighted by Crippen LogP contribution is 2.28. The number of carbonyl (C=O) groups is 1. The number of hydrogen-bond acceptors (Lipinski definition) is 6. The summed E-state index contributed by atoms with van der Waals surface area (Å²) in [7, 11) is -2.03. The number of amides is 1.